The van der Waals surface area contributed by atoms with Gasteiger partial charge in [-0.15, -0.1) is 20.5 Å². The molecule has 0 bridgehead atoms. The lowest BCUT2D eigenvalue weighted by atomic mass is 10.1. The van der Waals surface area contributed by atoms with Crippen molar-refractivity contribution in [2.45, 2.75) is 34.3 Å². The Kier molecular flexibility index (Phi) is 14.4. The molecule has 37 heteroatoms. The van der Waals surface area contributed by atoms with E-state index in [1.165, 1.54) is 24.3 Å². The molecule has 0 radical (unpaired) electrons. The van der Waals surface area contributed by atoms with E-state index in [2.05, 4.69) is 42.0 Å². The topological polar surface area (TPSA) is 525 Å². The normalized spacial score (nSPS) is 13.3. The van der Waals surface area contributed by atoms with Crippen LogP contribution in [0.25, 0.3) is 10.8 Å². The number of hydrogen-bond acceptors (Lipinski definition) is 24. The van der Waals surface area contributed by atoms with Crippen LogP contribution in [0, 0.1) is 0 Å². The van der Waals surface area contributed by atoms with Gasteiger partial charge < -0.3 is 22.3 Å². The first-order valence-corrected chi connectivity index (χ1v) is 28.9. The van der Waals surface area contributed by atoms with E-state index in [0.29, 0.717) is 12.1 Å². The summed E-state index contributed by atoms with van der Waals surface area (Å²) in [5.41, 5.74) is 12.2. The molecule has 73 heavy (non-hydrogen) atoms. The van der Waals surface area contributed by atoms with Gasteiger partial charge in [-0.1, -0.05) is 6.58 Å². The maximum atomic E-state index is 13.2. The second-order valence-corrected chi connectivity index (χ2v) is 24.9. The highest BCUT2D eigenvalue weighted by Gasteiger charge is 2.31. The third kappa shape index (κ3) is 11.9. The minimum absolute atomic E-state index is 0.00537. The standard InChI is InChI=1S/C36H30N10O20S7/c1-2-67(48,49)28-15-25(27(70(55,56)57)16-29(28)71(58,59)60)43-44-34-30(72(61,62)63)11-17-12-31(73(64,65)66)35(36(47)32(17)33(34)39)45-41-19-7-9-21(10-8-19)68(50,51)46-20-5-3-18(4-6-20)40-42-24-14-26(69(52,53)54)23(38)13-22(24)37/h2-16,46-47H,1,37-39H2,(H,52,53,54)(H,55,56,57)(H,58,59,60)(H,61,62,63)(H,64,65,66). The minimum atomic E-state index is -5.62. The van der Waals surface area contributed by atoms with E-state index in [-0.39, 0.29) is 56.6 Å². The molecule has 6 aromatic rings. The van der Waals surface area contributed by atoms with Gasteiger partial charge in [0.25, 0.3) is 60.6 Å². The molecule has 13 N–H and O–H groups in total. The van der Waals surface area contributed by atoms with Gasteiger partial charge in [0.2, 0.25) is 9.84 Å². The second kappa shape index (κ2) is 19.2. The number of anilines is 4. The fourth-order valence-electron chi connectivity index (χ4n) is 6.17. The Morgan fingerprint density at radius 1 is 0.466 bits per heavy atom. The molecule has 0 atom stereocenters. The van der Waals surface area contributed by atoms with Crippen LogP contribution in [0.4, 0.5) is 56.9 Å². The Balaban J connectivity index is 1.36. The van der Waals surface area contributed by atoms with Gasteiger partial charge in [-0.05, 0) is 90.3 Å². The van der Waals surface area contributed by atoms with Crippen molar-refractivity contribution in [2.75, 3.05) is 21.9 Å². The smallest absolute Gasteiger partial charge is 0.296 e. The van der Waals surface area contributed by atoms with Crippen LogP contribution in [-0.4, -0.2) is 86.8 Å². The number of sulfonamides is 1. The monoisotopic (exact) mass is 1150 g/mol. The highest BCUT2D eigenvalue weighted by molar-refractivity contribution is 7.95. The van der Waals surface area contributed by atoms with Crippen LogP contribution < -0.4 is 21.9 Å². The Labute approximate surface area is 412 Å². The number of benzene rings is 6. The van der Waals surface area contributed by atoms with Crippen molar-refractivity contribution < 1.29 is 86.8 Å². The van der Waals surface area contributed by atoms with Crippen LogP contribution in [0.15, 0.2) is 162 Å². The Morgan fingerprint density at radius 2 is 0.918 bits per heavy atom. The fraction of sp³-hybridized carbons (Fsp3) is 0. The number of nitrogens with zero attached hydrogens (tertiary/aromatic N) is 6. The van der Waals surface area contributed by atoms with E-state index in [0.717, 1.165) is 36.4 Å². The molecule has 0 amide bonds. The fourth-order valence-corrected chi connectivity index (χ4v) is 11.9. The Bertz CT molecular complexity index is 4270. The van der Waals surface area contributed by atoms with Gasteiger partial charge >= 0.3 is 0 Å². The Hall–Kier alpha value is -7.43. The lowest BCUT2D eigenvalue weighted by Gasteiger charge is -2.14. The molecule has 0 unspecified atom stereocenters. The summed E-state index contributed by atoms with van der Waals surface area (Å²) >= 11 is 0. The summed E-state index contributed by atoms with van der Waals surface area (Å²) in [4.78, 5) is -8.22. The predicted octanol–water partition coefficient (Wildman–Crippen LogP) is 5.49. The summed E-state index contributed by atoms with van der Waals surface area (Å²) < 4.78 is 225. The minimum Gasteiger partial charge on any atom is -0.505 e. The molecule has 0 heterocycles. The lowest BCUT2D eigenvalue weighted by Crippen LogP contribution is -2.12. The van der Waals surface area contributed by atoms with Gasteiger partial charge in [0.1, 0.15) is 47.2 Å². The first kappa shape index (κ1) is 54.9. The van der Waals surface area contributed by atoms with E-state index in [4.69, 9.17) is 17.2 Å². The SMILES string of the molecule is C=CS(=O)(=O)c1cc(N=Nc2c(S(=O)(=O)O)cc3cc(S(=O)(=O)O)c(N=Nc4ccc(S(=O)(=O)Nc5ccc(N=Nc6cc(S(=O)(=O)O)c(N)cc6N)cc5)cc4)c(O)c3c2N)c(S(=O)(=O)O)cc1S(=O)(=O)O. The van der Waals surface area contributed by atoms with Gasteiger partial charge in [-0.2, -0.15) is 52.3 Å². The number of phenolic OH excluding ortho intramolecular Hbond substituents is 1. The molecule has 0 spiro atoms. The van der Waals surface area contributed by atoms with E-state index < -0.39 is 139 Å². The summed E-state index contributed by atoms with van der Waals surface area (Å²) in [6.45, 7) is 2.98. The van der Waals surface area contributed by atoms with Gasteiger partial charge in [-0.3, -0.25) is 27.5 Å². The number of nitrogens with two attached hydrogens (primary N) is 3. The zero-order valence-corrected chi connectivity index (χ0v) is 41.3. The number of phenols is 1. The van der Waals surface area contributed by atoms with Crippen molar-refractivity contribution in [3.8, 4) is 5.75 Å². The molecule has 6 aromatic carbocycles. The molecule has 6 rings (SSSR count). The average molecular weight is 1150 g/mol. The number of fused-ring (bicyclic) bond motifs is 1. The first-order valence-electron chi connectivity index (χ1n) is 18.7. The maximum Gasteiger partial charge on any atom is 0.296 e. The summed E-state index contributed by atoms with van der Waals surface area (Å²) in [7, 11) is -36.2. The third-order valence-electron chi connectivity index (χ3n) is 9.48. The van der Waals surface area contributed by atoms with E-state index >= 15 is 0 Å². The molecular formula is C36H30N10O20S7. The largest absolute Gasteiger partial charge is 0.505 e. The van der Waals surface area contributed by atoms with Crippen molar-refractivity contribution in [1.29, 1.82) is 0 Å². The number of hydrogen-bond donors (Lipinski definition) is 10. The van der Waals surface area contributed by atoms with E-state index in [1.807, 2.05) is 0 Å². The van der Waals surface area contributed by atoms with Crippen molar-refractivity contribution in [2.24, 2.45) is 30.7 Å². The molecule has 0 aliphatic rings. The number of nitrogens with one attached hydrogen (secondary N) is 1. The third-order valence-corrected chi connectivity index (χ3v) is 16.8. The molecule has 0 fully saturated rings. The zero-order chi connectivity index (χ0) is 54.6. The zero-order valence-electron chi connectivity index (χ0n) is 35.5. The number of nitrogen functional groups attached to an aromatic ring is 3. The van der Waals surface area contributed by atoms with Gasteiger partial charge in [0, 0.05) is 11.1 Å². The van der Waals surface area contributed by atoms with E-state index in [9.17, 15) is 86.8 Å². The Morgan fingerprint density at radius 3 is 1.42 bits per heavy atom. The molecule has 0 aliphatic heterocycles. The maximum absolute atomic E-state index is 13.2. The molecular weight excluding hydrogens is 1120 g/mol. The van der Waals surface area contributed by atoms with Gasteiger partial charge in [-0.25, -0.2) is 16.8 Å². The van der Waals surface area contributed by atoms with Crippen LogP contribution in [0.5, 0.6) is 5.75 Å². The predicted molar refractivity (Wildman–Crippen MR) is 254 cm³/mol. The number of rotatable bonds is 16. The van der Waals surface area contributed by atoms with Gasteiger partial charge in [0.15, 0.2) is 5.75 Å². The quantitative estimate of drug-likeness (QED) is 0.0325. The van der Waals surface area contributed by atoms with Crippen molar-refractivity contribution >= 4 is 138 Å². The van der Waals surface area contributed by atoms with Crippen LogP contribution in [-0.2, 0) is 70.5 Å². The van der Waals surface area contributed by atoms with Crippen molar-refractivity contribution in [3.63, 3.8) is 0 Å². The summed E-state index contributed by atoms with van der Waals surface area (Å²) in [6, 6.07) is 12.2. The summed E-state index contributed by atoms with van der Waals surface area (Å²) in [5.74, 6) is -1.31. The summed E-state index contributed by atoms with van der Waals surface area (Å²) in [5, 5.41) is 32.1. The average Bonchev–Trinajstić information content (AvgIpc) is 3.26. The number of aromatic hydroxyl groups is 1. The molecule has 0 aromatic heterocycles. The summed E-state index contributed by atoms with van der Waals surface area (Å²) in [6.07, 6.45) is 0. The molecule has 0 aliphatic carbocycles. The first-order chi connectivity index (χ1) is 33.4. The van der Waals surface area contributed by atoms with Crippen LogP contribution >= 0.6 is 0 Å². The van der Waals surface area contributed by atoms with Gasteiger partial charge in [0.05, 0.1) is 43.6 Å². The van der Waals surface area contributed by atoms with Crippen molar-refractivity contribution in [3.05, 3.63) is 96.9 Å². The number of sulfone groups is 1. The van der Waals surface area contributed by atoms with Crippen LogP contribution in [0.2, 0.25) is 0 Å². The second-order valence-electron chi connectivity index (χ2n) is 14.4. The number of azo groups is 3. The molecule has 0 saturated heterocycles. The van der Waals surface area contributed by atoms with Crippen molar-refractivity contribution in [1.82, 2.24) is 0 Å². The lowest BCUT2D eigenvalue weighted by molar-refractivity contribution is 0.472. The van der Waals surface area contributed by atoms with Crippen LogP contribution in [0.3, 0.4) is 0 Å². The highest BCUT2D eigenvalue weighted by atomic mass is 32.2. The highest BCUT2D eigenvalue weighted by Crippen LogP contribution is 2.49. The van der Waals surface area contributed by atoms with Crippen LogP contribution in [0.1, 0.15) is 0 Å². The van der Waals surface area contributed by atoms with E-state index in [1.54, 1.807) is 0 Å². The molecule has 0 saturated carbocycles. The molecule has 30 nitrogen and oxygen atoms in total. The molecule has 386 valence electrons.